The quantitative estimate of drug-likeness (QED) is 0.615. The number of hydrogen-bond donors (Lipinski definition) is 0. The van der Waals surface area contributed by atoms with Crippen LogP contribution >= 0.6 is 31.9 Å². The summed E-state index contributed by atoms with van der Waals surface area (Å²) in [6.45, 7) is 0.785. The summed E-state index contributed by atoms with van der Waals surface area (Å²) in [5.41, 5.74) is 0.881. The van der Waals surface area contributed by atoms with Gasteiger partial charge in [0.1, 0.15) is 4.60 Å². The Bertz CT molecular complexity index is 366. The molecule has 1 atom stereocenters. The van der Waals surface area contributed by atoms with E-state index in [-0.39, 0.29) is 5.91 Å². The van der Waals surface area contributed by atoms with Crippen molar-refractivity contribution in [1.29, 1.82) is 0 Å². The van der Waals surface area contributed by atoms with Crippen LogP contribution in [0.1, 0.15) is 6.42 Å². The Labute approximate surface area is 105 Å². The number of rotatable bonds is 2. The SMILES string of the molecule is O=C1CC(CBr)CN1c1ccc(Br)nc1. The molecule has 5 heteroatoms. The molecule has 1 aliphatic heterocycles. The highest BCUT2D eigenvalue weighted by Gasteiger charge is 2.29. The van der Waals surface area contributed by atoms with Gasteiger partial charge in [-0.2, -0.15) is 0 Å². The number of amides is 1. The van der Waals surface area contributed by atoms with E-state index in [0.29, 0.717) is 12.3 Å². The topological polar surface area (TPSA) is 33.2 Å². The van der Waals surface area contributed by atoms with Gasteiger partial charge >= 0.3 is 0 Å². The molecule has 0 N–H and O–H groups in total. The first-order valence-corrected chi connectivity index (χ1v) is 6.60. The van der Waals surface area contributed by atoms with Crippen LogP contribution in [0.5, 0.6) is 0 Å². The molecular weight excluding hydrogens is 324 g/mol. The van der Waals surface area contributed by atoms with Crippen molar-refractivity contribution in [2.75, 3.05) is 16.8 Å². The van der Waals surface area contributed by atoms with Crippen LogP contribution < -0.4 is 4.90 Å². The Hall–Kier alpha value is -0.420. The number of alkyl halides is 1. The van der Waals surface area contributed by atoms with E-state index >= 15 is 0 Å². The highest BCUT2D eigenvalue weighted by Crippen LogP contribution is 2.25. The van der Waals surface area contributed by atoms with Crippen LogP contribution in [0.25, 0.3) is 0 Å². The molecule has 0 spiro atoms. The fraction of sp³-hybridized carbons (Fsp3) is 0.400. The van der Waals surface area contributed by atoms with Crippen molar-refractivity contribution in [1.82, 2.24) is 4.98 Å². The highest BCUT2D eigenvalue weighted by atomic mass is 79.9. The van der Waals surface area contributed by atoms with Gasteiger partial charge in [0.05, 0.1) is 11.9 Å². The van der Waals surface area contributed by atoms with Gasteiger partial charge in [0, 0.05) is 18.3 Å². The third kappa shape index (κ3) is 2.39. The molecule has 1 aromatic heterocycles. The summed E-state index contributed by atoms with van der Waals surface area (Å²) in [5, 5.41) is 0.874. The van der Waals surface area contributed by atoms with E-state index in [1.165, 1.54) is 0 Å². The van der Waals surface area contributed by atoms with Crippen molar-refractivity contribution < 1.29 is 4.79 Å². The molecule has 0 saturated carbocycles. The molecule has 1 aliphatic rings. The van der Waals surface area contributed by atoms with Gasteiger partial charge in [-0.05, 0) is 34.0 Å². The number of hydrogen-bond acceptors (Lipinski definition) is 2. The first kappa shape index (κ1) is 11.1. The molecule has 2 rings (SSSR count). The lowest BCUT2D eigenvalue weighted by molar-refractivity contribution is -0.117. The van der Waals surface area contributed by atoms with Gasteiger partial charge in [-0.15, -0.1) is 0 Å². The number of aromatic nitrogens is 1. The van der Waals surface area contributed by atoms with Crippen LogP contribution in [-0.4, -0.2) is 22.8 Å². The van der Waals surface area contributed by atoms with E-state index in [1.54, 1.807) is 11.1 Å². The number of halogens is 2. The van der Waals surface area contributed by atoms with E-state index in [2.05, 4.69) is 36.8 Å². The Balaban J connectivity index is 2.18. The Morgan fingerprint density at radius 2 is 2.33 bits per heavy atom. The minimum absolute atomic E-state index is 0.184. The summed E-state index contributed by atoms with van der Waals surface area (Å²) in [6.07, 6.45) is 2.35. The van der Waals surface area contributed by atoms with Crippen LogP contribution in [-0.2, 0) is 4.79 Å². The molecule has 0 bridgehead atoms. The molecule has 0 aliphatic carbocycles. The van der Waals surface area contributed by atoms with Crippen LogP contribution in [0.15, 0.2) is 22.9 Å². The smallest absolute Gasteiger partial charge is 0.227 e. The average molecular weight is 334 g/mol. The van der Waals surface area contributed by atoms with Crippen LogP contribution in [0.4, 0.5) is 5.69 Å². The van der Waals surface area contributed by atoms with Gasteiger partial charge in [-0.1, -0.05) is 15.9 Å². The summed E-state index contributed by atoms with van der Waals surface area (Å²) in [6, 6.07) is 3.76. The van der Waals surface area contributed by atoms with Crippen molar-refractivity contribution >= 4 is 43.5 Å². The van der Waals surface area contributed by atoms with Gasteiger partial charge in [-0.25, -0.2) is 4.98 Å². The molecule has 0 radical (unpaired) electrons. The molecule has 15 heavy (non-hydrogen) atoms. The third-order valence-corrected chi connectivity index (χ3v) is 3.83. The fourth-order valence-electron chi connectivity index (χ4n) is 1.66. The lowest BCUT2D eigenvalue weighted by Gasteiger charge is -2.15. The van der Waals surface area contributed by atoms with E-state index in [1.807, 2.05) is 12.1 Å². The van der Waals surface area contributed by atoms with Gasteiger partial charge in [0.15, 0.2) is 0 Å². The summed E-state index contributed by atoms with van der Waals surface area (Å²) in [5.74, 6) is 0.602. The summed E-state index contributed by atoms with van der Waals surface area (Å²) >= 11 is 6.69. The number of pyridine rings is 1. The zero-order chi connectivity index (χ0) is 10.8. The van der Waals surface area contributed by atoms with E-state index in [4.69, 9.17) is 0 Å². The monoisotopic (exact) mass is 332 g/mol. The first-order valence-electron chi connectivity index (χ1n) is 4.68. The maximum atomic E-state index is 11.7. The van der Waals surface area contributed by atoms with Crippen molar-refractivity contribution in [3.8, 4) is 0 Å². The van der Waals surface area contributed by atoms with Gasteiger partial charge < -0.3 is 4.90 Å². The Morgan fingerprint density at radius 3 is 2.87 bits per heavy atom. The zero-order valence-corrected chi connectivity index (χ0v) is 11.2. The number of carbonyl (C=O) groups is 1. The number of carbonyl (C=O) groups excluding carboxylic acids is 1. The highest BCUT2D eigenvalue weighted by molar-refractivity contribution is 9.10. The number of anilines is 1. The average Bonchev–Trinajstić information content (AvgIpc) is 2.61. The number of nitrogens with zero attached hydrogens (tertiary/aromatic N) is 2. The molecule has 0 aromatic carbocycles. The second kappa shape index (κ2) is 4.61. The maximum Gasteiger partial charge on any atom is 0.227 e. The minimum atomic E-state index is 0.184. The normalized spacial score (nSPS) is 21.1. The minimum Gasteiger partial charge on any atom is -0.311 e. The van der Waals surface area contributed by atoms with Crippen molar-refractivity contribution in [2.24, 2.45) is 5.92 Å². The van der Waals surface area contributed by atoms with E-state index < -0.39 is 0 Å². The van der Waals surface area contributed by atoms with Crippen LogP contribution in [0.3, 0.4) is 0 Å². The van der Waals surface area contributed by atoms with Crippen molar-refractivity contribution in [3.05, 3.63) is 22.9 Å². The van der Waals surface area contributed by atoms with Crippen LogP contribution in [0, 0.1) is 5.92 Å². The molecular formula is C10H10Br2N2O. The zero-order valence-electron chi connectivity index (χ0n) is 7.99. The Morgan fingerprint density at radius 1 is 1.53 bits per heavy atom. The van der Waals surface area contributed by atoms with Crippen LogP contribution in [0.2, 0.25) is 0 Å². The maximum absolute atomic E-state index is 11.7. The summed E-state index contributed by atoms with van der Waals surface area (Å²) < 4.78 is 0.787. The molecule has 1 saturated heterocycles. The first-order chi connectivity index (χ1) is 7.20. The second-order valence-corrected chi connectivity index (χ2v) is 5.03. The predicted molar refractivity (Wildman–Crippen MR) is 66.2 cm³/mol. The fourth-order valence-corrected chi connectivity index (χ4v) is 2.33. The largest absolute Gasteiger partial charge is 0.311 e. The van der Waals surface area contributed by atoms with Gasteiger partial charge in [-0.3, -0.25) is 4.79 Å². The third-order valence-electron chi connectivity index (χ3n) is 2.45. The second-order valence-electron chi connectivity index (χ2n) is 3.57. The van der Waals surface area contributed by atoms with Crippen molar-refractivity contribution in [2.45, 2.75) is 6.42 Å². The van der Waals surface area contributed by atoms with Crippen molar-refractivity contribution in [3.63, 3.8) is 0 Å². The standard InChI is InChI=1S/C10H10Br2N2O/c11-4-7-3-10(15)14(6-7)8-1-2-9(12)13-5-8/h1-2,5,7H,3-4,6H2. The summed E-state index contributed by atoms with van der Waals surface area (Å²) in [4.78, 5) is 17.6. The Kier molecular flexibility index (Phi) is 3.41. The molecule has 1 amide bonds. The van der Waals surface area contributed by atoms with E-state index in [0.717, 1.165) is 22.2 Å². The molecule has 1 unspecified atom stereocenters. The molecule has 3 nitrogen and oxygen atoms in total. The lowest BCUT2D eigenvalue weighted by Crippen LogP contribution is -2.24. The molecule has 1 aromatic rings. The molecule has 1 fully saturated rings. The molecule has 2 heterocycles. The predicted octanol–water partition coefficient (Wildman–Crippen LogP) is 2.59. The summed E-state index contributed by atoms with van der Waals surface area (Å²) in [7, 11) is 0. The lowest BCUT2D eigenvalue weighted by atomic mass is 10.2. The van der Waals surface area contributed by atoms with Gasteiger partial charge in [0.25, 0.3) is 0 Å². The van der Waals surface area contributed by atoms with Gasteiger partial charge in [0.2, 0.25) is 5.91 Å². The molecule has 80 valence electrons. The van der Waals surface area contributed by atoms with E-state index in [9.17, 15) is 4.79 Å².